The molecule has 3 amide bonds. The van der Waals surface area contributed by atoms with Crippen molar-refractivity contribution in [2.45, 2.75) is 43.4 Å². The van der Waals surface area contributed by atoms with Gasteiger partial charge < -0.3 is 41.9 Å². The van der Waals surface area contributed by atoms with Crippen molar-refractivity contribution < 1.29 is 34.2 Å². The first kappa shape index (κ1) is 29.2. The van der Waals surface area contributed by atoms with E-state index in [4.69, 9.17) is 10.8 Å². The number of aromatic amines is 2. The summed E-state index contributed by atoms with van der Waals surface area (Å²) in [5.41, 5.74) is 7.61. The van der Waals surface area contributed by atoms with E-state index in [-0.39, 0.29) is 18.6 Å². The van der Waals surface area contributed by atoms with Crippen LogP contribution in [0.3, 0.4) is 0 Å². The zero-order chi connectivity index (χ0) is 28.5. The van der Waals surface area contributed by atoms with Gasteiger partial charge in [-0.05, 0) is 11.6 Å². The van der Waals surface area contributed by atoms with Gasteiger partial charge in [-0.1, -0.05) is 18.2 Å². The van der Waals surface area contributed by atoms with E-state index in [1.165, 1.54) is 12.5 Å². The molecule has 0 saturated heterocycles. The number of aliphatic carboxylic acids is 2. The topological polar surface area (TPSA) is 232 Å². The van der Waals surface area contributed by atoms with E-state index in [9.17, 15) is 29.1 Å². The molecule has 3 rings (SSSR count). The van der Waals surface area contributed by atoms with Crippen molar-refractivity contribution >= 4 is 53.2 Å². The van der Waals surface area contributed by atoms with Crippen LogP contribution < -0.4 is 21.7 Å². The lowest BCUT2D eigenvalue weighted by Gasteiger charge is -2.24. The molecule has 0 fully saturated rings. The first-order valence-electron chi connectivity index (χ1n) is 11.8. The number of nitrogens with one attached hydrogen (secondary N) is 5. The number of benzene rings is 1. The van der Waals surface area contributed by atoms with Crippen LogP contribution in [0, 0.1) is 0 Å². The van der Waals surface area contributed by atoms with E-state index in [0.29, 0.717) is 11.3 Å². The van der Waals surface area contributed by atoms with Gasteiger partial charge in [0, 0.05) is 47.6 Å². The number of carbonyl (C=O) groups excluding carboxylic acids is 3. The maximum atomic E-state index is 13.4. The van der Waals surface area contributed by atoms with Gasteiger partial charge in [0.2, 0.25) is 17.7 Å². The number of hydrogen-bond donors (Lipinski definition) is 9. The molecule has 2 heterocycles. The summed E-state index contributed by atoms with van der Waals surface area (Å²) in [5.74, 6) is -5.21. The zero-order valence-corrected chi connectivity index (χ0v) is 21.5. The number of carboxylic acids is 2. The molecule has 0 radical (unpaired) electrons. The lowest BCUT2D eigenvalue weighted by Crippen LogP contribution is -2.58. The normalized spacial score (nSPS) is 14.1. The third-order valence-electron chi connectivity index (χ3n) is 5.87. The smallest absolute Gasteiger partial charge is 0.327 e. The number of aromatic nitrogens is 3. The van der Waals surface area contributed by atoms with E-state index in [1.807, 2.05) is 24.3 Å². The average molecular weight is 560 g/mol. The van der Waals surface area contributed by atoms with Crippen LogP contribution in [-0.2, 0) is 36.8 Å². The summed E-state index contributed by atoms with van der Waals surface area (Å²) >= 11 is 3.97. The number of hydrogen-bond acceptors (Lipinski definition) is 8. The second-order valence-electron chi connectivity index (χ2n) is 8.75. The maximum absolute atomic E-state index is 13.4. The molecule has 4 atom stereocenters. The number of rotatable bonds is 14. The Morgan fingerprint density at radius 3 is 2.18 bits per heavy atom. The predicted molar refractivity (Wildman–Crippen MR) is 142 cm³/mol. The number of amides is 3. The van der Waals surface area contributed by atoms with Gasteiger partial charge in [-0.2, -0.15) is 12.6 Å². The summed E-state index contributed by atoms with van der Waals surface area (Å²) in [6.07, 6.45) is 3.75. The van der Waals surface area contributed by atoms with Crippen molar-refractivity contribution in [3.63, 3.8) is 0 Å². The molecule has 0 spiro atoms. The number of H-pyrrole nitrogens is 2. The van der Waals surface area contributed by atoms with Gasteiger partial charge in [0.05, 0.1) is 18.8 Å². The number of imidazole rings is 1. The summed E-state index contributed by atoms with van der Waals surface area (Å²) in [6.45, 7) is 0. The SMILES string of the molecule is NC(CC(=O)O)C(=O)NC(Cc1cnc[nH]1)C(=O)NC(Cc1c[nH]c2ccccc12)C(=O)NC(CS)C(=O)O. The molecule has 4 unspecified atom stereocenters. The minimum atomic E-state index is -1.42. The summed E-state index contributed by atoms with van der Waals surface area (Å²) in [7, 11) is 0. The number of para-hydroxylation sites is 1. The van der Waals surface area contributed by atoms with Gasteiger partial charge in [-0.3, -0.25) is 19.2 Å². The highest BCUT2D eigenvalue weighted by atomic mass is 32.1. The molecular formula is C24H29N7O7S. The van der Waals surface area contributed by atoms with Crippen LogP contribution in [0.25, 0.3) is 10.9 Å². The highest BCUT2D eigenvalue weighted by molar-refractivity contribution is 7.80. The first-order chi connectivity index (χ1) is 18.6. The maximum Gasteiger partial charge on any atom is 0.327 e. The fourth-order valence-corrected chi connectivity index (χ4v) is 4.09. The van der Waals surface area contributed by atoms with Gasteiger partial charge in [0.15, 0.2) is 0 Å². The van der Waals surface area contributed by atoms with Crippen molar-refractivity contribution in [3.8, 4) is 0 Å². The van der Waals surface area contributed by atoms with E-state index < -0.39 is 60.2 Å². The third-order valence-corrected chi connectivity index (χ3v) is 6.24. The number of thiol groups is 1. The molecule has 39 heavy (non-hydrogen) atoms. The van der Waals surface area contributed by atoms with Crippen molar-refractivity contribution in [2.75, 3.05) is 5.75 Å². The molecular weight excluding hydrogens is 530 g/mol. The summed E-state index contributed by atoms with van der Waals surface area (Å²) in [6, 6.07) is 2.07. The van der Waals surface area contributed by atoms with Gasteiger partial charge in [0.25, 0.3) is 0 Å². The van der Waals surface area contributed by atoms with E-state index in [2.05, 4.69) is 43.5 Å². The number of carbonyl (C=O) groups is 5. The molecule has 15 heteroatoms. The summed E-state index contributed by atoms with van der Waals surface area (Å²) in [4.78, 5) is 71.4. The van der Waals surface area contributed by atoms with Gasteiger partial charge in [-0.15, -0.1) is 0 Å². The van der Waals surface area contributed by atoms with Crippen molar-refractivity contribution in [2.24, 2.45) is 5.73 Å². The van der Waals surface area contributed by atoms with Gasteiger partial charge in [0.1, 0.15) is 18.1 Å². The molecule has 3 aromatic rings. The van der Waals surface area contributed by atoms with Crippen LogP contribution in [0.1, 0.15) is 17.7 Å². The fraction of sp³-hybridized carbons (Fsp3) is 0.333. The number of nitrogens with two attached hydrogens (primary N) is 1. The zero-order valence-electron chi connectivity index (χ0n) is 20.6. The van der Waals surface area contributed by atoms with Crippen LogP contribution >= 0.6 is 12.6 Å². The number of fused-ring (bicyclic) bond motifs is 1. The van der Waals surface area contributed by atoms with Crippen molar-refractivity contribution in [1.82, 2.24) is 30.9 Å². The minimum Gasteiger partial charge on any atom is -0.481 e. The number of nitrogens with zero attached hydrogens (tertiary/aromatic N) is 1. The van der Waals surface area contributed by atoms with Crippen LogP contribution in [0.4, 0.5) is 0 Å². The standard InChI is InChI=1S/C24H29N7O7S/c25-15(7-20(32)33)21(34)29-18(6-13-9-26-11-28-13)23(36)30-17(22(35)31-19(10-39)24(37)38)5-12-8-27-16-4-2-1-3-14(12)16/h1-4,8-9,11,15,17-19,27,39H,5-7,10,25H2,(H,26,28)(H,29,34)(H,30,36)(H,31,35)(H,32,33)(H,37,38). The summed E-state index contributed by atoms with van der Waals surface area (Å²) < 4.78 is 0. The Labute approximate surface area is 227 Å². The predicted octanol–water partition coefficient (Wildman–Crippen LogP) is -1.05. The average Bonchev–Trinajstić information content (AvgIpc) is 3.55. The Kier molecular flexibility index (Phi) is 10.1. The minimum absolute atomic E-state index is 0.0102. The van der Waals surface area contributed by atoms with E-state index >= 15 is 0 Å². The Morgan fingerprint density at radius 2 is 1.56 bits per heavy atom. The quantitative estimate of drug-likeness (QED) is 0.109. The molecule has 0 aliphatic carbocycles. The first-order valence-corrected chi connectivity index (χ1v) is 12.5. The Bertz CT molecular complexity index is 1330. The monoisotopic (exact) mass is 559 g/mol. The lowest BCUT2D eigenvalue weighted by atomic mass is 10.0. The second-order valence-corrected chi connectivity index (χ2v) is 9.12. The fourth-order valence-electron chi connectivity index (χ4n) is 3.84. The van der Waals surface area contributed by atoms with Gasteiger partial charge >= 0.3 is 11.9 Å². The van der Waals surface area contributed by atoms with E-state index in [1.54, 1.807) is 6.20 Å². The molecule has 2 aromatic heterocycles. The molecule has 9 N–H and O–H groups in total. The van der Waals surface area contributed by atoms with Gasteiger partial charge in [-0.25, -0.2) is 9.78 Å². The number of carboxylic acid groups (broad SMARTS) is 2. The molecule has 14 nitrogen and oxygen atoms in total. The summed E-state index contributed by atoms with van der Waals surface area (Å²) in [5, 5.41) is 26.5. The molecule has 0 bridgehead atoms. The molecule has 0 aliphatic rings. The molecule has 0 aliphatic heterocycles. The van der Waals surface area contributed by atoms with Crippen molar-refractivity contribution in [3.05, 3.63) is 54.2 Å². The molecule has 1 aromatic carbocycles. The highest BCUT2D eigenvalue weighted by Crippen LogP contribution is 2.19. The third kappa shape index (κ3) is 8.05. The Balaban J connectivity index is 1.86. The Hall–Kier alpha value is -4.37. The van der Waals surface area contributed by atoms with Crippen molar-refractivity contribution in [1.29, 1.82) is 0 Å². The Morgan fingerprint density at radius 1 is 0.923 bits per heavy atom. The van der Waals surface area contributed by atoms with Crippen LogP contribution in [0.5, 0.6) is 0 Å². The van der Waals surface area contributed by atoms with Crippen LogP contribution in [0.2, 0.25) is 0 Å². The van der Waals surface area contributed by atoms with Crippen LogP contribution in [0.15, 0.2) is 43.0 Å². The second kappa shape index (κ2) is 13.4. The highest BCUT2D eigenvalue weighted by Gasteiger charge is 2.31. The van der Waals surface area contributed by atoms with E-state index in [0.717, 1.165) is 10.9 Å². The molecule has 0 saturated carbocycles. The lowest BCUT2D eigenvalue weighted by molar-refractivity contribution is -0.141. The van der Waals surface area contributed by atoms with Crippen LogP contribution in [-0.4, -0.2) is 84.7 Å². The molecule has 208 valence electrons. The largest absolute Gasteiger partial charge is 0.481 e.